The molecule has 2 N–H and O–H groups in total. The van der Waals surface area contributed by atoms with Gasteiger partial charge in [-0.3, -0.25) is 0 Å². The fourth-order valence-corrected chi connectivity index (χ4v) is 1.96. The van der Waals surface area contributed by atoms with E-state index in [4.69, 9.17) is 5.73 Å². The van der Waals surface area contributed by atoms with Gasteiger partial charge in [0.25, 0.3) is 0 Å². The molecule has 1 aromatic heterocycles. The lowest BCUT2D eigenvalue weighted by Crippen LogP contribution is -2.03. The van der Waals surface area contributed by atoms with Gasteiger partial charge < -0.3 is 10.3 Å². The highest BCUT2D eigenvalue weighted by Gasteiger charge is 2.06. The summed E-state index contributed by atoms with van der Waals surface area (Å²) in [6, 6.07) is 8.55. The molecule has 2 rings (SSSR count). The van der Waals surface area contributed by atoms with E-state index < -0.39 is 0 Å². The lowest BCUT2D eigenvalue weighted by molar-refractivity contribution is 0.575. The van der Waals surface area contributed by atoms with Crippen molar-refractivity contribution in [1.29, 1.82) is 0 Å². The molecule has 0 aliphatic heterocycles. The van der Waals surface area contributed by atoms with Crippen LogP contribution in [0.5, 0.6) is 0 Å². The number of hydrogen-bond acceptors (Lipinski definition) is 2. The first-order valence-electron chi connectivity index (χ1n) is 6.04. The first-order valence-corrected chi connectivity index (χ1v) is 6.04. The maximum absolute atomic E-state index is 5.66. The summed E-state index contributed by atoms with van der Waals surface area (Å²) in [6.07, 6.45) is 6.80. The molecule has 0 radical (unpaired) electrons. The molecule has 0 fully saturated rings. The van der Waals surface area contributed by atoms with Crippen molar-refractivity contribution < 1.29 is 0 Å². The molecule has 0 spiro atoms. The Morgan fingerprint density at radius 1 is 1.41 bits per heavy atom. The molecule has 0 saturated carbocycles. The van der Waals surface area contributed by atoms with Crippen LogP contribution >= 0.6 is 0 Å². The van der Waals surface area contributed by atoms with Gasteiger partial charge in [0.1, 0.15) is 0 Å². The van der Waals surface area contributed by atoms with Crippen molar-refractivity contribution in [3.63, 3.8) is 0 Å². The van der Waals surface area contributed by atoms with Crippen molar-refractivity contribution in [2.75, 3.05) is 0 Å². The highest BCUT2D eigenvalue weighted by Crippen LogP contribution is 2.20. The Morgan fingerprint density at radius 3 is 3.00 bits per heavy atom. The van der Waals surface area contributed by atoms with Crippen molar-refractivity contribution >= 4 is 0 Å². The minimum Gasteiger partial charge on any atom is -0.337 e. The number of aryl methyl sites for hydroxylation is 1. The van der Waals surface area contributed by atoms with Gasteiger partial charge in [-0.25, -0.2) is 4.98 Å². The zero-order valence-electron chi connectivity index (χ0n) is 10.2. The molecular formula is C14H19N3. The SMILES string of the molecule is CC(CCn1ccnc1)c1cccc(CN)c1. The Hall–Kier alpha value is -1.61. The van der Waals surface area contributed by atoms with Gasteiger partial charge in [-0.15, -0.1) is 0 Å². The molecule has 2 aromatic rings. The van der Waals surface area contributed by atoms with Gasteiger partial charge in [0.2, 0.25) is 0 Å². The average molecular weight is 229 g/mol. The van der Waals surface area contributed by atoms with E-state index in [9.17, 15) is 0 Å². The molecule has 0 amide bonds. The molecular weight excluding hydrogens is 210 g/mol. The molecule has 3 heteroatoms. The van der Waals surface area contributed by atoms with Crippen LogP contribution in [0.2, 0.25) is 0 Å². The van der Waals surface area contributed by atoms with E-state index in [1.807, 2.05) is 18.7 Å². The number of aromatic nitrogens is 2. The number of hydrogen-bond donors (Lipinski definition) is 1. The Kier molecular flexibility index (Phi) is 3.94. The van der Waals surface area contributed by atoms with Crippen LogP contribution in [0.15, 0.2) is 43.0 Å². The Balaban J connectivity index is 1.96. The predicted octanol–water partition coefficient (Wildman–Crippen LogP) is 2.54. The molecule has 3 nitrogen and oxygen atoms in total. The zero-order chi connectivity index (χ0) is 12.1. The van der Waals surface area contributed by atoms with Gasteiger partial charge in [0.05, 0.1) is 6.33 Å². The number of imidazole rings is 1. The van der Waals surface area contributed by atoms with E-state index in [1.165, 1.54) is 11.1 Å². The van der Waals surface area contributed by atoms with Crippen molar-refractivity contribution in [3.05, 3.63) is 54.1 Å². The maximum Gasteiger partial charge on any atom is 0.0945 e. The standard InChI is InChI=1S/C14H19N3/c1-12(5-7-17-8-6-16-11-17)14-4-2-3-13(9-14)10-15/h2-4,6,8-9,11-12H,5,7,10,15H2,1H3. The topological polar surface area (TPSA) is 43.8 Å². The van der Waals surface area contributed by atoms with Gasteiger partial charge in [-0.1, -0.05) is 31.2 Å². The van der Waals surface area contributed by atoms with Crippen LogP contribution in [-0.4, -0.2) is 9.55 Å². The van der Waals surface area contributed by atoms with Crippen LogP contribution in [0.4, 0.5) is 0 Å². The largest absolute Gasteiger partial charge is 0.337 e. The fraction of sp³-hybridized carbons (Fsp3) is 0.357. The third-order valence-electron chi connectivity index (χ3n) is 3.14. The summed E-state index contributed by atoms with van der Waals surface area (Å²) in [4.78, 5) is 4.05. The zero-order valence-corrected chi connectivity index (χ0v) is 10.2. The molecule has 0 aliphatic carbocycles. The summed E-state index contributed by atoms with van der Waals surface area (Å²) in [5.41, 5.74) is 8.23. The Morgan fingerprint density at radius 2 is 2.29 bits per heavy atom. The van der Waals surface area contributed by atoms with E-state index in [0.29, 0.717) is 12.5 Å². The molecule has 0 bridgehead atoms. The molecule has 1 aromatic carbocycles. The summed E-state index contributed by atoms with van der Waals surface area (Å²) in [7, 11) is 0. The van der Waals surface area contributed by atoms with Crippen LogP contribution in [0.25, 0.3) is 0 Å². The van der Waals surface area contributed by atoms with Gasteiger partial charge in [-0.2, -0.15) is 0 Å². The van der Waals surface area contributed by atoms with E-state index in [1.54, 1.807) is 0 Å². The molecule has 1 heterocycles. The summed E-state index contributed by atoms with van der Waals surface area (Å²) in [5, 5.41) is 0. The van der Waals surface area contributed by atoms with Gasteiger partial charge in [-0.05, 0) is 23.5 Å². The number of rotatable bonds is 5. The molecule has 0 saturated heterocycles. The van der Waals surface area contributed by atoms with Crippen molar-refractivity contribution in [2.24, 2.45) is 5.73 Å². The Labute approximate surface area is 102 Å². The third kappa shape index (κ3) is 3.17. The molecule has 17 heavy (non-hydrogen) atoms. The summed E-state index contributed by atoms with van der Waals surface area (Å²) >= 11 is 0. The highest BCUT2D eigenvalue weighted by atomic mass is 15.0. The van der Waals surface area contributed by atoms with Gasteiger partial charge in [0.15, 0.2) is 0 Å². The third-order valence-corrected chi connectivity index (χ3v) is 3.14. The maximum atomic E-state index is 5.66. The highest BCUT2D eigenvalue weighted by molar-refractivity contribution is 5.25. The van der Waals surface area contributed by atoms with Crippen molar-refractivity contribution in [2.45, 2.75) is 32.4 Å². The molecule has 1 unspecified atom stereocenters. The average Bonchev–Trinajstić information content (AvgIpc) is 2.89. The van der Waals surface area contributed by atoms with Gasteiger partial charge >= 0.3 is 0 Å². The number of nitrogens with two attached hydrogens (primary N) is 1. The lowest BCUT2D eigenvalue weighted by atomic mass is 9.96. The first-order chi connectivity index (χ1) is 8.29. The lowest BCUT2D eigenvalue weighted by Gasteiger charge is -2.13. The van der Waals surface area contributed by atoms with E-state index in [0.717, 1.165) is 13.0 Å². The summed E-state index contributed by atoms with van der Waals surface area (Å²) < 4.78 is 2.11. The predicted molar refractivity (Wildman–Crippen MR) is 69.6 cm³/mol. The monoisotopic (exact) mass is 229 g/mol. The van der Waals surface area contributed by atoms with Crippen LogP contribution in [-0.2, 0) is 13.1 Å². The van der Waals surface area contributed by atoms with Crippen LogP contribution < -0.4 is 5.73 Å². The summed E-state index contributed by atoms with van der Waals surface area (Å²) in [6.45, 7) is 3.88. The second-order valence-electron chi connectivity index (χ2n) is 4.44. The molecule has 90 valence electrons. The minimum absolute atomic E-state index is 0.545. The van der Waals surface area contributed by atoms with Crippen LogP contribution in [0, 0.1) is 0 Å². The van der Waals surface area contributed by atoms with Gasteiger partial charge in [0, 0.05) is 25.5 Å². The second-order valence-corrected chi connectivity index (χ2v) is 4.44. The van der Waals surface area contributed by atoms with E-state index >= 15 is 0 Å². The van der Waals surface area contributed by atoms with Crippen LogP contribution in [0.1, 0.15) is 30.4 Å². The minimum atomic E-state index is 0.545. The first kappa shape index (κ1) is 11.9. The smallest absolute Gasteiger partial charge is 0.0945 e. The molecule has 0 aliphatic rings. The quantitative estimate of drug-likeness (QED) is 0.856. The van der Waals surface area contributed by atoms with Crippen molar-refractivity contribution in [1.82, 2.24) is 9.55 Å². The van der Waals surface area contributed by atoms with Crippen LogP contribution in [0.3, 0.4) is 0 Å². The number of nitrogens with zero attached hydrogens (tertiary/aromatic N) is 2. The van der Waals surface area contributed by atoms with Crippen molar-refractivity contribution in [3.8, 4) is 0 Å². The summed E-state index contributed by atoms with van der Waals surface area (Å²) in [5.74, 6) is 0.545. The Bertz CT molecular complexity index is 448. The number of benzene rings is 1. The second kappa shape index (κ2) is 5.64. The van der Waals surface area contributed by atoms with E-state index in [2.05, 4.69) is 40.7 Å². The fourth-order valence-electron chi connectivity index (χ4n) is 1.96. The molecule has 1 atom stereocenters. The van der Waals surface area contributed by atoms with E-state index in [-0.39, 0.29) is 0 Å². The normalized spacial score (nSPS) is 12.6.